The molecule has 13 heteroatoms. The van der Waals surface area contributed by atoms with Gasteiger partial charge in [-0.3, -0.25) is 4.79 Å². The van der Waals surface area contributed by atoms with E-state index in [-0.39, 0.29) is 17.9 Å². The maximum atomic E-state index is 12.3. The number of aromatic nitrogens is 5. The van der Waals surface area contributed by atoms with Crippen molar-refractivity contribution < 1.29 is 9.32 Å². The normalized spacial score (nSPS) is 25.5. The highest BCUT2D eigenvalue weighted by Crippen LogP contribution is 2.55. The van der Waals surface area contributed by atoms with E-state index >= 15 is 0 Å². The molecule has 1 spiro atoms. The Morgan fingerprint density at radius 3 is 2.74 bits per heavy atom. The molecule has 0 bridgehead atoms. The van der Waals surface area contributed by atoms with E-state index < -0.39 is 5.41 Å². The molecule has 2 fully saturated rings. The number of likely N-dealkylation sites (tertiary alicyclic amines) is 1. The molecule has 1 amide bonds. The van der Waals surface area contributed by atoms with E-state index in [4.69, 9.17) is 36.2 Å². The van der Waals surface area contributed by atoms with Crippen LogP contribution < -0.4 is 16.4 Å². The molecule has 4 N–H and O–H groups in total. The highest BCUT2D eigenvalue weighted by molar-refractivity contribution is 7.16. The first-order chi connectivity index (χ1) is 22.3. The third-order valence-corrected chi connectivity index (χ3v) is 12.2. The van der Waals surface area contributed by atoms with E-state index in [0.717, 1.165) is 111 Å². The predicted octanol–water partition coefficient (Wildman–Crippen LogP) is 4.31. The number of fused-ring (bicyclic) bond motifs is 5. The molecule has 0 aromatic carbocycles. The first-order valence-electron chi connectivity index (χ1n) is 16.6. The summed E-state index contributed by atoms with van der Waals surface area (Å²) in [7, 11) is 2.18. The molecule has 0 radical (unpaired) electrons. The number of nitrogens with two attached hydrogens (primary N) is 2. The minimum absolute atomic E-state index is 0.101. The number of piperidine rings is 1. The molecule has 12 nitrogen and oxygen atoms in total. The van der Waals surface area contributed by atoms with Crippen LogP contribution in [0.25, 0.3) is 22.6 Å². The van der Waals surface area contributed by atoms with Crippen molar-refractivity contribution in [3.63, 3.8) is 0 Å². The minimum atomic E-state index is -0.427. The fourth-order valence-electron chi connectivity index (χ4n) is 8.88. The maximum Gasteiger partial charge on any atom is 0.222 e. The molecule has 2 aliphatic carbocycles. The van der Waals surface area contributed by atoms with Gasteiger partial charge in [0, 0.05) is 29.6 Å². The fourth-order valence-corrected chi connectivity index (χ4v) is 10.0. The van der Waals surface area contributed by atoms with Crippen molar-refractivity contribution in [1.82, 2.24) is 29.8 Å². The first-order valence-corrected chi connectivity index (χ1v) is 17.4. The van der Waals surface area contributed by atoms with Crippen LogP contribution in [0, 0.1) is 17.2 Å². The SMILES string of the molecule is CC(C1CCCN1C)n1ncc2c(N3CCCC(C(N)=O)C3)nc(-c3noc4c3CCCC43CCCc4sc(N)c(C#N)c43)nc21. The van der Waals surface area contributed by atoms with Gasteiger partial charge in [-0.15, -0.1) is 11.3 Å². The Balaban J connectivity index is 1.29. The van der Waals surface area contributed by atoms with Gasteiger partial charge < -0.3 is 25.8 Å². The van der Waals surface area contributed by atoms with Crippen LogP contribution in [0.15, 0.2) is 10.7 Å². The molecule has 6 heterocycles. The number of rotatable bonds is 5. The summed E-state index contributed by atoms with van der Waals surface area (Å²) in [6.45, 7) is 4.55. The monoisotopic (exact) mass is 640 g/mol. The molecule has 4 aliphatic rings. The van der Waals surface area contributed by atoms with E-state index in [1.54, 1.807) is 11.3 Å². The van der Waals surface area contributed by atoms with E-state index in [1.807, 2.05) is 10.9 Å². The highest BCUT2D eigenvalue weighted by Gasteiger charge is 2.49. The number of carbonyl (C=O) groups excluding carboxylic acids is 1. The lowest BCUT2D eigenvalue weighted by Crippen LogP contribution is -2.41. The Morgan fingerprint density at radius 1 is 1.17 bits per heavy atom. The largest absolute Gasteiger partial charge is 0.389 e. The topological polar surface area (TPSA) is 169 Å². The quantitative estimate of drug-likeness (QED) is 0.321. The van der Waals surface area contributed by atoms with Crippen LogP contribution in [0.4, 0.5) is 10.8 Å². The van der Waals surface area contributed by atoms with Crippen LogP contribution >= 0.6 is 11.3 Å². The zero-order valence-electron chi connectivity index (χ0n) is 26.5. The maximum absolute atomic E-state index is 12.3. The van der Waals surface area contributed by atoms with Crippen molar-refractivity contribution in [2.75, 3.05) is 37.3 Å². The molecule has 4 aromatic heterocycles. The molecule has 240 valence electrons. The number of anilines is 2. The van der Waals surface area contributed by atoms with Crippen LogP contribution in [0.3, 0.4) is 0 Å². The predicted molar refractivity (Wildman–Crippen MR) is 175 cm³/mol. The lowest BCUT2D eigenvalue weighted by Gasteiger charge is -2.39. The Bertz CT molecular complexity index is 1880. The van der Waals surface area contributed by atoms with E-state index in [9.17, 15) is 10.1 Å². The van der Waals surface area contributed by atoms with Gasteiger partial charge in [0.1, 0.15) is 16.9 Å². The average Bonchev–Trinajstić information content (AvgIpc) is 3.85. The second kappa shape index (κ2) is 11.1. The number of carbonyl (C=O) groups is 1. The van der Waals surface area contributed by atoms with Gasteiger partial charge in [-0.1, -0.05) is 5.16 Å². The van der Waals surface area contributed by atoms with Crippen LogP contribution in [0.2, 0.25) is 0 Å². The summed E-state index contributed by atoms with van der Waals surface area (Å²) in [4.78, 5) is 28.4. The molecule has 2 aliphatic heterocycles. The molecule has 0 saturated carbocycles. The summed E-state index contributed by atoms with van der Waals surface area (Å²) in [5.74, 6) is 1.56. The van der Waals surface area contributed by atoms with E-state index in [0.29, 0.717) is 34.7 Å². The third-order valence-electron chi connectivity index (χ3n) is 11.1. The Kier molecular flexibility index (Phi) is 7.06. The molecule has 46 heavy (non-hydrogen) atoms. The number of thiophene rings is 1. The number of nitrogen functional groups attached to an aromatic ring is 1. The third kappa shape index (κ3) is 4.36. The number of primary amides is 1. The number of nitriles is 1. The summed E-state index contributed by atoms with van der Waals surface area (Å²) in [5.41, 5.74) is 15.8. The van der Waals surface area contributed by atoms with E-state index in [1.165, 1.54) is 4.88 Å². The molecule has 4 aromatic rings. The number of hydrogen-bond acceptors (Lipinski definition) is 11. The average molecular weight is 641 g/mol. The number of nitrogens with zero attached hydrogens (tertiary/aromatic N) is 8. The summed E-state index contributed by atoms with van der Waals surface area (Å²) in [5, 5.41) is 21.2. The van der Waals surface area contributed by atoms with Crippen molar-refractivity contribution >= 4 is 39.1 Å². The second-order valence-electron chi connectivity index (χ2n) is 13.7. The number of likely N-dealkylation sites (N-methyl/N-ethyl adjacent to an activating group) is 1. The fraction of sp³-hybridized carbons (Fsp3) is 0.576. The number of aryl methyl sites for hydroxylation is 1. The molecule has 2 saturated heterocycles. The first kappa shape index (κ1) is 29.4. The van der Waals surface area contributed by atoms with Gasteiger partial charge in [0.05, 0.1) is 34.5 Å². The minimum Gasteiger partial charge on any atom is -0.389 e. The Labute approximate surface area is 271 Å². The number of hydrogen-bond donors (Lipinski definition) is 2. The van der Waals surface area contributed by atoms with E-state index in [2.05, 4.69) is 29.8 Å². The molecule has 4 atom stereocenters. The van der Waals surface area contributed by atoms with Crippen molar-refractivity contribution in [3.05, 3.63) is 33.5 Å². The van der Waals surface area contributed by atoms with Crippen LogP contribution in [0.1, 0.15) is 91.7 Å². The summed E-state index contributed by atoms with van der Waals surface area (Å²) >= 11 is 1.54. The van der Waals surface area contributed by atoms with Gasteiger partial charge in [0.15, 0.2) is 22.9 Å². The van der Waals surface area contributed by atoms with Crippen molar-refractivity contribution in [3.8, 4) is 17.6 Å². The summed E-state index contributed by atoms with van der Waals surface area (Å²) < 4.78 is 8.36. The summed E-state index contributed by atoms with van der Waals surface area (Å²) in [6, 6.07) is 2.86. The van der Waals surface area contributed by atoms with Crippen molar-refractivity contribution in [1.29, 1.82) is 5.26 Å². The Hall–Kier alpha value is -4.02. The number of amides is 1. The van der Waals surface area contributed by atoms with Crippen LogP contribution in [0.5, 0.6) is 0 Å². The van der Waals surface area contributed by atoms with Crippen molar-refractivity contribution in [2.24, 2.45) is 11.7 Å². The zero-order chi connectivity index (χ0) is 31.7. The van der Waals surface area contributed by atoms with Gasteiger partial charge in [0.2, 0.25) is 5.91 Å². The molecule has 8 rings (SSSR count). The lowest BCUT2D eigenvalue weighted by atomic mass is 9.63. The molecular formula is C33H40N10O2S. The smallest absolute Gasteiger partial charge is 0.222 e. The van der Waals surface area contributed by atoms with Crippen molar-refractivity contribution in [2.45, 2.75) is 88.6 Å². The molecular weight excluding hydrogens is 600 g/mol. The van der Waals surface area contributed by atoms with Gasteiger partial charge in [-0.25, -0.2) is 14.6 Å². The van der Waals surface area contributed by atoms with Gasteiger partial charge in [-0.05, 0) is 90.3 Å². The van der Waals surface area contributed by atoms with Crippen LogP contribution in [-0.2, 0) is 23.1 Å². The van der Waals surface area contributed by atoms with Gasteiger partial charge >= 0.3 is 0 Å². The highest BCUT2D eigenvalue weighted by atomic mass is 32.1. The lowest BCUT2D eigenvalue weighted by molar-refractivity contribution is -0.122. The second-order valence-corrected chi connectivity index (χ2v) is 14.8. The molecule has 4 unspecified atom stereocenters. The standard InChI is InChI=1S/C33H40N10O2S/c1-18(23-9-6-13-41(23)2)43-32-22(16-37-43)31(42-14-5-7-19(17-42)28(35)44)38-30(39-32)26-20-8-3-11-33(27(20)45-40-26)12-4-10-24-25(33)21(15-34)29(36)46-24/h16,18-19,23H,3-14,17,36H2,1-2H3,(H2,35,44). The Morgan fingerprint density at radius 2 is 1.98 bits per heavy atom. The van der Waals surface area contributed by atoms with Crippen LogP contribution in [-0.4, -0.2) is 68.4 Å². The summed E-state index contributed by atoms with van der Waals surface area (Å²) in [6.07, 6.45) is 11.2. The van der Waals surface area contributed by atoms with Gasteiger partial charge in [-0.2, -0.15) is 10.4 Å². The zero-order valence-corrected chi connectivity index (χ0v) is 27.3. The van der Waals surface area contributed by atoms with Gasteiger partial charge in [0.25, 0.3) is 0 Å².